The van der Waals surface area contributed by atoms with E-state index in [2.05, 4.69) is 4.74 Å². The molecule has 1 saturated carbocycles. The minimum absolute atomic E-state index is 0.0273. The Morgan fingerprint density at radius 1 is 1.77 bits per heavy atom. The molecule has 0 heterocycles. The van der Waals surface area contributed by atoms with Gasteiger partial charge in [-0.15, -0.1) is 0 Å². The Balaban J connectivity index is 2.50. The zero-order chi connectivity index (χ0) is 9.84. The third-order valence-corrected chi connectivity index (χ3v) is 2.26. The van der Waals surface area contributed by atoms with Crippen LogP contribution >= 0.6 is 0 Å². The monoisotopic (exact) mass is 186 g/mol. The van der Waals surface area contributed by atoms with Gasteiger partial charge in [0.25, 0.3) is 0 Å². The van der Waals surface area contributed by atoms with Crippen molar-refractivity contribution in [1.82, 2.24) is 0 Å². The van der Waals surface area contributed by atoms with Crippen molar-refractivity contribution in [2.75, 3.05) is 6.61 Å². The number of esters is 1. The standard InChI is InChI=1S/C9H14O4/c1-2-13-9(12)8(11)6-4-3-5-7(6)10/h6,8,11H,2-5H2,1H3/t6-,8+/m1/s1. The van der Waals surface area contributed by atoms with Crippen molar-refractivity contribution in [3.8, 4) is 0 Å². The number of hydrogen-bond donors (Lipinski definition) is 1. The van der Waals surface area contributed by atoms with Crippen molar-refractivity contribution in [2.24, 2.45) is 5.92 Å². The molecule has 1 N–H and O–H groups in total. The van der Waals surface area contributed by atoms with Crippen LogP contribution < -0.4 is 0 Å². The van der Waals surface area contributed by atoms with Gasteiger partial charge in [-0.2, -0.15) is 0 Å². The first-order chi connectivity index (χ1) is 6.16. The Hall–Kier alpha value is -0.900. The first-order valence-corrected chi connectivity index (χ1v) is 4.54. The normalized spacial score (nSPS) is 24.5. The minimum Gasteiger partial charge on any atom is -0.464 e. The molecule has 1 aliphatic rings. The number of carbonyl (C=O) groups excluding carboxylic acids is 2. The summed E-state index contributed by atoms with van der Waals surface area (Å²) in [5.41, 5.74) is 0. The second kappa shape index (κ2) is 4.37. The second-order valence-electron chi connectivity index (χ2n) is 3.16. The molecule has 4 heteroatoms. The van der Waals surface area contributed by atoms with E-state index in [-0.39, 0.29) is 12.4 Å². The number of ether oxygens (including phenoxy) is 1. The summed E-state index contributed by atoms with van der Waals surface area (Å²) in [6.45, 7) is 1.90. The smallest absolute Gasteiger partial charge is 0.335 e. The summed E-state index contributed by atoms with van der Waals surface area (Å²) in [4.78, 5) is 22.2. The van der Waals surface area contributed by atoms with Crippen molar-refractivity contribution >= 4 is 11.8 Å². The molecule has 0 saturated heterocycles. The fourth-order valence-corrected chi connectivity index (χ4v) is 1.57. The molecule has 0 aliphatic heterocycles. The number of carbonyl (C=O) groups is 2. The molecule has 4 nitrogen and oxygen atoms in total. The van der Waals surface area contributed by atoms with Crippen LogP contribution in [0.2, 0.25) is 0 Å². The van der Waals surface area contributed by atoms with E-state index in [0.717, 1.165) is 6.42 Å². The van der Waals surface area contributed by atoms with E-state index >= 15 is 0 Å². The highest BCUT2D eigenvalue weighted by molar-refractivity contribution is 5.89. The van der Waals surface area contributed by atoms with Crippen LogP contribution in [-0.4, -0.2) is 29.6 Å². The van der Waals surface area contributed by atoms with Crippen LogP contribution in [0.25, 0.3) is 0 Å². The fourth-order valence-electron chi connectivity index (χ4n) is 1.57. The SMILES string of the molecule is CCOC(=O)[C@@H](O)[C@@H]1CCCC1=O. The maximum atomic E-state index is 11.2. The van der Waals surface area contributed by atoms with Gasteiger partial charge >= 0.3 is 5.97 Å². The first kappa shape index (κ1) is 10.2. The third kappa shape index (κ3) is 2.28. The maximum absolute atomic E-state index is 11.2. The zero-order valence-electron chi connectivity index (χ0n) is 7.66. The molecule has 0 aromatic rings. The van der Waals surface area contributed by atoms with E-state index in [1.54, 1.807) is 6.92 Å². The van der Waals surface area contributed by atoms with E-state index in [4.69, 9.17) is 0 Å². The Labute approximate surface area is 76.9 Å². The van der Waals surface area contributed by atoms with E-state index in [0.29, 0.717) is 12.8 Å². The van der Waals surface area contributed by atoms with Crippen LogP contribution in [0.1, 0.15) is 26.2 Å². The number of rotatable bonds is 3. The van der Waals surface area contributed by atoms with E-state index < -0.39 is 18.0 Å². The van der Waals surface area contributed by atoms with Gasteiger partial charge in [0, 0.05) is 6.42 Å². The fraction of sp³-hybridized carbons (Fsp3) is 0.778. The molecule has 0 amide bonds. The summed E-state index contributed by atoms with van der Waals surface area (Å²) in [5.74, 6) is -1.23. The van der Waals surface area contributed by atoms with E-state index in [1.807, 2.05) is 0 Å². The molecule has 0 unspecified atom stereocenters. The van der Waals surface area contributed by atoms with Crippen LogP contribution in [0, 0.1) is 5.92 Å². The number of Topliss-reactive ketones (excluding diaryl/α,β-unsaturated/α-hetero) is 1. The lowest BCUT2D eigenvalue weighted by Crippen LogP contribution is -2.33. The van der Waals surface area contributed by atoms with Gasteiger partial charge < -0.3 is 9.84 Å². The minimum atomic E-state index is -1.25. The molecule has 1 aliphatic carbocycles. The zero-order valence-corrected chi connectivity index (χ0v) is 7.66. The molecule has 0 aromatic carbocycles. The summed E-state index contributed by atoms with van der Waals surface area (Å²) in [7, 11) is 0. The van der Waals surface area contributed by atoms with Crippen molar-refractivity contribution in [2.45, 2.75) is 32.3 Å². The van der Waals surface area contributed by atoms with Gasteiger partial charge in [0.05, 0.1) is 12.5 Å². The summed E-state index contributed by atoms with van der Waals surface area (Å²) < 4.78 is 4.62. The second-order valence-corrected chi connectivity index (χ2v) is 3.16. The predicted molar refractivity (Wildman–Crippen MR) is 45.0 cm³/mol. The molecule has 0 spiro atoms. The molecule has 1 rings (SSSR count). The highest BCUT2D eigenvalue weighted by atomic mass is 16.5. The average molecular weight is 186 g/mol. The van der Waals surface area contributed by atoms with Gasteiger partial charge in [-0.1, -0.05) is 0 Å². The van der Waals surface area contributed by atoms with Gasteiger partial charge in [0.2, 0.25) is 0 Å². The summed E-state index contributed by atoms with van der Waals surface area (Å²) in [6, 6.07) is 0. The van der Waals surface area contributed by atoms with Gasteiger partial charge in [-0.3, -0.25) is 4.79 Å². The molecule has 2 atom stereocenters. The topological polar surface area (TPSA) is 63.6 Å². The Kier molecular flexibility index (Phi) is 3.42. The van der Waals surface area contributed by atoms with Crippen LogP contribution in [0.3, 0.4) is 0 Å². The third-order valence-electron chi connectivity index (χ3n) is 2.26. The predicted octanol–water partition coefficient (Wildman–Crippen LogP) is 0.280. The molecule has 0 bridgehead atoms. The average Bonchev–Trinajstić information content (AvgIpc) is 2.50. The highest BCUT2D eigenvalue weighted by Gasteiger charge is 2.35. The molecule has 0 aromatic heterocycles. The Morgan fingerprint density at radius 2 is 2.46 bits per heavy atom. The van der Waals surface area contributed by atoms with Crippen LogP contribution in [0.4, 0.5) is 0 Å². The quantitative estimate of drug-likeness (QED) is 0.643. The van der Waals surface area contributed by atoms with Gasteiger partial charge in [-0.05, 0) is 19.8 Å². The lowest BCUT2D eigenvalue weighted by molar-refractivity contribution is -0.157. The lowest BCUT2D eigenvalue weighted by atomic mass is 10.0. The molecule has 13 heavy (non-hydrogen) atoms. The van der Waals surface area contributed by atoms with Crippen molar-refractivity contribution in [3.63, 3.8) is 0 Å². The highest BCUT2D eigenvalue weighted by Crippen LogP contribution is 2.24. The lowest BCUT2D eigenvalue weighted by Gasteiger charge is -2.14. The molecule has 1 fully saturated rings. The first-order valence-electron chi connectivity index (χ1n) is 4.54. The Morgan fingerprint density at radius 3 is 2.92 bits per heavy atom. The Bertz CT molecular complexity index is 212. The van der Waals surface area contributed by atoms with Crippen molar-refractivity contribution < 1.29 is 19.4 Å². The molecule has 0 radical (unpaired) electrons. The molecular formula is C9H14O4. The van der Waals surface area contributed by atoms with E-state index in [9.17, 15) is 14.7 Å². The van der Waals surface area contributed by atoms with Crippen LogP contribution in [0.5, 0.6) is 0 Å². The van der Waals surface area contributed by atoms with Crippen LogP contribution in [-0.2, 0) is 14.3 Å². The summed E-state index contributed by atoms with van der Waals surface area (Å²) >= 11 is 0. The van der Waals surface area contributed by atoms with Crippen molar-refractivity contribution in [3.05, 3.63) is 0 Å². The van der Waals surface area contributed by atoms with Crippen molar-refractivity contribution in [1.29, 1.82) is 0 Å². The van der Waals surface area contributed by atoms with Gasteiger partial charge in [0.1, 0.15) is 5.78 Å². The molecule has 74 valence electrons. The number of aliphatic hydroxyl groups excluding tert-OH is 1. The van der Waals surface area contributed by atoms with Gasteiger partial charge in [-0.25, -0.2) is 4.79 Å². The van der Waals surface area contributed by atoms with Crippen LogP contribution in [0.15, 0.2) is 0 Å². The summed E-state index contributed by atoms with van der Waals surface area (Å²) in [6.07, 6.45) is 0.579. The summed E-state index contributed by atoms with van der Waals surface area (Å²) in [5, 5.41) is 9.42. The maximum Gasteiger partial charge on any atom is 0.335 e. The van der Waals surface area contributed by atoms with E-state index in [1.165, 1.54) is 0 Å². The number of ketones is 1. The molecular weight excluding hydrogens is 172 g/mol. The number of hydrogen-bond acceptors (Lipinski definition) is 4. The largest absolute Gasteiger partial charge is 0.464 e. The number of aliphatic hydroxyl groups is 1. The van der Waals surface area contributed by atoms with Gasteiger partial charge in [0.15, 0.2) is 6.10 Å².